The first-order valence-corrected chi connectivity index (χ1v) is 4.64. The van der Waals surface area contributed by atoms with Gasteiger partial charge in [0.05, 0.1) is 7.11 Å². The van der Waals surface area contributed by atoms with Crippen LogP contribution >= 0.6 is 0 Å². The molecule has 0 unspecified atom stereocenters. The average molecular weight is 218 g/mol. The highest BCUT2D eigenvalue weighted by Gasteiger charge is 2.08. The minimum absolute atomic E-state index is 0.0459. The van der Waals surface area contributed by atoms with Crippen LogP contribution in [0.25, 0.3) is 10.9 Å². The summed E-state index contributed by atoms with van der Waals surface area (Å²) in [6, 6.07) is 8.32. The van der Waals surface area contributed by atoms with Gasteiger partial charge < -0.3 is 5.11 Å². The Morgan fingerprint density at radius 2 is 2.19 bits per heavy atom. The Kier molecular flexibility index (Phi) is 2.70. The molecule has 0 bridgehead atoms. The zero-order valence-corrected chi connectivity index (χ0v) is 8.60. The largest absolute Gasteiger partial charge is 0.506 e. The van der Waals surface area contributed by atoms with Gasteiger partial charge in [-0.1, -0.05) is 18.2 Å². The van der Waals surface area contributed by atoms with Gasteiger partial charge >= 0.3 is 0 Å². The molecule has 0 fully saturated rings. The molecule has 0 aliphatic heterocycles. The van der Waals surface area contributed by atoms with Gasteiger partial charge in [0.25, 0.3) is 5.91 Å². The third-order valence-corrected chi connectivity index (χ3v) is 2.13. The Morgan fingerprint density at radius 1 is 1.38 bits per heavy atom. The van der Waals surface area contributed by atoms with E-state index < -0.39 is 5.91 Å². The minimum Gasteiger partial charge on any atom is -0.506 e. The van der Waals surface area contributed by atoms with Gasteiger partial charge in [-0.2, -0.15) is 0 Å². The van der Waals surface area contributed by atoms with E-state index in [0.29, 0.717) is 5.52 Å². The van der Waals surface area contributed by atoms with E-state index in [9.17, 15) is 9.90 Å². The Labute approximate surface area is 91.6 Å². The predicted octanol–water partition coefficient (Wildman–Crippen LogP) is 1.23. The molecule has 1 heterocycles. The monoisotopic (exact) mass is 218 g/mol. The molecule has 0 radical (unpaired) electrons. The number of phenolic OH excluding ortho intramolecular Hbond substituents is 1. The number of aromatic nitrogens is 1. The van der Waals surface area contributed by atoms with Gasteiger partial charge in [-0.05, 0) is 12.1 Å². The lowest BCUT2D eigenvalue weighted by Gasteiger charge is -2.04. The first-order valence-electron chi connectivity index (χ1n) is 4.64. The van der Waals surface area contributed by atoms with Crippen molar-refractivity contribution in [3.8, 4) is 5.75 Å². The van der Waals surface area contributed by atoms with Crippen molar-refractivity contribution < 1.29 is 14.7 Å². The maximum atomic E-state index is 11.4. The van der Waals surface area contributed by atoms with Crippen molar-refractivity contribution in [1.82, 2.24) is 10.5 Å². The molecule has 16 heavy (non-hydrogen) atoms. The van der Waals surface area contributed by atoms with E-state index >= 15 is 0 Å². The van der Waals surface area contributed by atoms with Crippen molar-refractivity contribution >= 4 is 16.8 Å². The van der Waals surface area contributed by atoms with E-state index in [0.717, 1.165) is 5.39 Å². The van der Waals surface area contributed by atoms with Gasteiger partial charge in [-0.3, -0.25) is 9.63 Å². The summed E-state index contributed by atoms with van der Waals surface area (Å²) in [6.45, 7) is 0. The van der Waals surface area contributed by atoms with Gasteiger partial charge in [0.2, 0.25) is 0 Å². The number of fused-ring (bicyclic) bond motifs is 1. The topological polar surface area (TPSA) is 71.5 Å². The van der Waals surface area contributed by atoms with Crippen molar-refractivity contribution in [2.24, 2.45) is 0 Å². The fraction of sp³-hybridized carbons (Fsp3) is 0.0909. The minimum atomic E-state index is -0.451. The molecule has 2 aromatic rings. The van der Waals surface area contributed by atoms with Crippen LogP contribution in [0.5, 0.6) is 5.75 Å². The molecule has 0 aliphatic rings. The van der Waals surface area contributed by atoms with E-state index in [1.165, 1.54) is 13.2 Å². The molecule has 82 valence electrons. The van der Waals surface area contributed by atoms with Crippen LogP contribution in [-0.4, -0.2) is 23.1 Å². The molecule has 0 saturated carbocycles. The second kappa shape index (κ2) is 4.16. The number of hydroxylamine groups is 1. The number of hydrogen-bond donors (Lipinski definition) is 2. The smallest absolute Gasteiger partial charge is 0.293 e. The van der Waals surface area contributed by atoms with E-state index in [1.807, 2.05) is 0 Å². The van der Waals surface area contributed by atoms with Gasteiger partial charge in [-0.25, -0.2) is 10.5 Å². The molecule has 0 saturated heterocycles. The van der Waals surface area contributed by atoms with Crippen LogP contribution in [0.3, 0.4) is 0 Å². The Balaban J connectivity index is 2.51. The number of carbonyl (C=O) groups excluding carboxylic acids is 1. The lowest BCUT2D eigenvalue weighted by molar-refractivity contribution is 0.0533. The van der Waals surface area contributed by atoms with E-state index in [2.05, 4.69) is 15.3 Å². The number of hydrogen-bond acceptors (Lipinski definition) is 4. The van der Waals surface area contributed by atoms with Crippen LogP contribution in [0.4, 0.5) is 0 Å². The molecule has 1 aromatic heterocycles. The normalized spacial score (nSPS) is 10.3. The number of rotatable bonds is 2. The number of nitrogens with zero attached hydrogens (tertiary/aromatic N) is 1. The van der Waals surface area contributed by atoms with Crippen LogP contribution < -0.4 is 5.48 Å². The fourth-order valence-corrected chi connectivity index (χ4v) is 1.40. The Bertz CT molecular complexity index is 540. The Morgan fingerprint density at radius 3 is 2.94 bits per heavy atom. The summed E-state index contributed by atoms with van der Waals surface area (Å²) in [5.41, 5.74) is 2.75. The summed E-state index contributed by atoms with van der Waals surface area (Å²) >= 11 is 0. The molecule has 5 heteroatoms. The van der Waals surface area contributed by atoms with Gasteiger partial charge in [0.15, 0.2) is 0 Å². The lowest BCUT2D eigenvalue weighted by Crippen LogP contribution is -2.22. The van der Waals surface area contributed by atoms with Crippen molar-refractivity contribution in [3.63, 3.8) is 0 Å². The highest BCUT2D eigenvalue weighted by Crippen LogP contribution is 2.22. The quantitative estimate of drug-likeness (QED) is 0.744. The summed E-state index contributed by atoms with van der Waals surface area (Å²) in [6.07, 6.45) is 0. The molecule has 2 N–H and O–H groups in total. The number of benzene rings is 1. The van der Waals surface area contributed by atoms with Crippen LogP contribution in [0.2, 0.25) is 0 Å². The molecule has 1 amide bonds. The number of aromatic hydroxyl groups is 1. The highest BCUT2D eigenvalue weighted by molar-refractivity contribution is 5.95. The number of amides is 1. The number of para-hydroxylation sites is 1. The standard InChI is InChI=1S/C11H10N2O3/c1-16-13-11(15)8-6-5-7-3-2-4-9(14)10(7)12-8/h2-6,14H,1H3,(H,13,15). The van der Waals surface area contributed by atoms with Gasteiger partial charge in [0, 0.05) is 5.39 Å². The first kappa shape index (κ1) is 10.4. The highest BCUT2D eigenvalue weighted by atomic mass is 16.6. The summed E-state index contributed by atoms with van der Waals surface area (Å²) in [7, 11) is 1.34. The second-order valence-corrected chi connectivity index (χ2v) is 3.18. The Hall–Kier alpha value is -2.14. The zero-order valence-electron chi connectivity index (χ0n) is 8.60. The lowest BCUT2D eigenvalue weighted by atomic mass is 10.2. The van der Waals surface area contributed by atoms with Gasteiger partial charge in [-0.15, -0.1) is 0 Å². The van der Waals surface area contributed by atoms with Crippen molar-refractivity contribution in [2.75, 3.05) is 7.11 Å². The number of carbonyl (C=O) groups is 1. The van der Waals surface area contributed by atoms with Gasteiger partial charge in [0.1, 0.15) is 17.0 Å². The van der Waals surface area contributed by atoms with Crippen LogP contribution in [0, 0.1) is 0 Å². The van der Waals surface area contributed by atoms with Crippen molar-refractivity contribution in [3.05, 3.63) is 36.0 Å². The molecule has 0 spiro atoms. The SMILES string of the molecule is CONC(=O)c1ccc2cccc(O)c2n1. The van der Waals surface area contributed by atoms with E-state index in [-0.39, 0.29) is 11.4 Å². The summed E-state index contributed by atoms with van der Waals surface area (Å²) < 4.78 is 0. The summed E-state index contributed by atoms with van der Waals surface area (Å²) in [5.74, 6) is -0.405. The molecule has 2 rings (SSSR count). The fourth-order valence-electron chi connectivity index (χ4n) is 1.40. The molecule has 5 nitrogen and oxygen atoms in total. The van der Waals surface area contributed by atoms with E-state index in [1.54, 1.807) is 24.3 Å². The number of nitrogens with one attached hydrogen (secondary N) is 1. The number of pyridine rings is 1. The first-order chi connectivity index (χ1) is 7.72. The molecular formula is C11H10N2O3. The predicted molar refractivity (Wildman–Crippen MR) is 57.9 cm³/mol. The van der Waals surface area contributed by atoms with Crippen molar-refractivity contribution in [1.29, 1.82) is 0 Å². The van der Waals surface area contributed by atoms with E-state index in [4.69, 9.17) is 0 Å². The van der Waals surface area contributed by atoms with Crippen LogP contribution in [0.1, 0.15) is 10.5 Å². The number of phenols is 1. The molecule has 0 aliphatic carbocycles. The molecule has 0 atom stereocenters. The molecule has 1 aromatic carbocycles. The summed E-state index contributed by atoms with van der Waals surface area (Å²) in [5, 5.41) is 10.4. The summed E-state index contributed by atoms with van der Waals surface area (Å²) in [4.78, 5) is 20.0. The third-order valence-electron chi connectivity index (χ3n) is 2.13. The third kappa shape index (κ3) is 1.80. The average Bonchev–Trinajstić information content (AvgIpc) is 2.29. The maximum absolute atomic E-state index is 11.4. The van der Waals surface area contributed by atoms with Crippen LogP contribution in [0.15, 0.2) is 30.3 Å². The second-order valence-electron chi connectivity index (χ2n) is 3.18. The zero-order chi connectivity index (χ0) is 11.5. The van der Waals surface area contributed by atoms with Crippen molar-refractivity contribution in [2.45, 2.75) is 0 Å². The molecular weight excluding hydrogens is 208 g/mol. The van der Waals surface area contributed by atoms with Crippen LogP contribution in [-0.2, 0) is 4.84 Å². The maximum Gasteiger partial charge on any atom is 0.293 e.